The summed E-state index contributed by atoms with van der Waals surface area (Å²) in [4.78, 5) is 11.6. The molecule has 82 valence electrons. The Morgan fingerprint density at radius 2 is 1.31 bits per heavy atom. The van der Waals surface area contributed by atoms with E-state index < -0.39 is 0 Å². The van der Waals surface area contributed by atoms with E-state index in [9.17, 15) is 4.79 Å². The van der Waals surface area contributed by atoms with Crippen molar-refractivity contribution < 1.29 is 9.53 Å². The fourth-order valence-corrected chi connectivity index (χ4v) is 1.23. The van der Waals surface area contributed by atoms with Crippen molar-refractivity contribution in [3.8, 4) is 5.75 Å². The van der Waals surface area contributed by atoms with Crippen molar-refractivity contribution in [2.24, 2.45) is 0 Å². The Kier molecular flexibility index (Phi) is 5.14. The molecule has 0 N–H and O–H groups in total. The number of para-hydroxylation sites is 1. The standard InChI is InChI=1S/C13H10O2.Bi.3H/c14-13(11-7-3-1-4-8-11)15-12-9-5-2-6-10-12;;;;/h1-10H;;;;. The van der Waals surface area contributed by atoms with E-state index in [1.54, 1.807) is 24.3 Å². The molecular weight excluding hydrogens is 397 g/mol. The monoisotopic (exact) mass is 410 g/mol. The first kappa shape index (κ1) is 12.9. The Morgan fingerprint density at radius 1 is 0.812 bits per heavy atom. The second-order valence-corrected chi connectivity index (χ2v) is 3.07. The zero-order chi connectivity index (χ0) is 10.5. The molecule has 2 aromatic rings. The fourth-order valence-electron chi connectivity index (χ4n) is 1.23. The van der Waals surface area contributed by atoms with Crippen LogP contribution in [-0.4, -0.2) is 32.2 Å². The summed E-state index contributed by atoms with van der Waals surface area (Å²) in [7, 11) is 0. The molecule has 16 heavy (non-hydrogen) atoms. The second kappa shape index (κ2) is 6.39. The SMILES string of the molecule is O=C(Oc1ccccc1)c1ccccc1.[BiH3]. The van der Waals surface area contributed by atoms with Gasteiger partial charge in [0.1, 0.15) is 5.75 Å². The first-order valence-electron chi connectivity index (χ1n) is 4.68. The second-order valence-electron chi connectivity index (χ2n) is 3.07. The summed E-state index contributed by atoms with van der Waals surface area (Å²) in [6, 6.07) is 18.0. The summed E-state index contributed by atoms with van der Waals surface area (Å²) in [5.41, 5.74) is 0.557. The van der Waals surface area contributed by atoms with Gasteiger partial charge in [-0.15, -0.1) is 0 Å². The maximum atomic E-state index is 11.6. The molecule has 0 aliphatic carbocycles. The van der Waals surface area contributed by atoms with Crippen LogP contribution in [-0.2, 0) is 0 Å². The molecule has 0 heterocycles. The predicted octanol–water partition coefficient (Wildman–Crippen LogP) is 1.72. The number of benzene rings is 2. The number of hydrogen-bond acceptors (Lipinski definition) is 2. The van der Waals surface area contributed by atoms with E-state index in [4.69, 9.17) is 4.74 Å². The number of hydrogen-bond donors (Lipinski definition) is 0. The zero-order valence-corrected chi connectivity index (χ0v) is 14.3. The summed E-state index contributed by atoms with van der Waals surface area (Å²) >= 11 is 0. The van der Waals surface area contributed by atoms with Gasteiger partial charge in [0.2, 0.25) is 0 Å². The Balaban J connectivity index is 0.00000128. The molecule has 0 amide bonds. The van der Waals surface area contributed by atoms with Crippen LogP contribution in [0.25, 0.3) is 0 Å². The number of rotatable bonds is 2. The van der Waals surface area contributed by atoms with E-state index in [-0.39, 0.29) is 32.2 Å². The average molecular weight is 410 g/mol. The molecular formula is C13H13BiO2. The van der Waals surface area contributed by atoms with E-state index in [2.05, 4.69) is 0 Å². The molecule has 0 aliphatic heterocycles. The van der Waals surface area contributed by atoms with E-state index in [1.165, 1.54) is 0 Å². The molecule has 2 aromatic carbocycles. The molecule has 0 atom stereocenters. The van der Waals surface area contributed by atoms with Gasteiger partial charge in [0.15, 0.2) is 0 Å². The third-order valence-electron chi connectivity index (χ3n) is 1.96. The first-order chi connectivity index (χ1) is 7.36. The molecule has 0 saturated heterocycles. The number of esters is 1. The minimum absolute atomic E-state index is 0. The van der Waals surface area contributed by atoms with Gasteiger partial charge in [-0.1, -0.05) is 36.4 Å². The summed E-state index contributed by atoms with van der Waals surface area (Å²) in [5.74, 6) is 0.230. The topological polar surface area (TPSA) is 26.3 Å². The van der Waals surface area contributed by atoms with Crippen molar-refractivity contribution in [1.29, 1.82) is 0 Å². The van der Waals surface area contributed by atoms with Crippen molar-refractivity contribution >= 4 is 32.2 Å². The van der Waals surface area contributed by atoms with Crippen LogP contribution in [0.5, 0.6) is 5.75 Å². The predicted molar refractivity (Wildman–Crippen MR) is 67.8 cm³/mol. The van der Waals surface area contributed by atoms with E-state index >= 15 is 0 Å². The average Bonchev–Trinajstić information content (AvgIpc) is 2.31. The van der Waals surface area contributed by atoms with Gasteiger partial charge in [-0.2, -0.15) is 0 Å². The minimum atomic E-state index is -0.332. The van der Waals surface area contributed by atoms with Gasteiger partial charge in [0.25, 0.3) is 0 Å². The molecule has 3 heteroatoms. The number of ether oxygens (including phenoxy) is 1. The fraction of sp³-hybridized carbons (Fsp3) is 0. The van der Waals surface area contributed by atoms with Gasteiger partial charge in [0.05, 0.1) is 5.56 Å². The molecule has 0 spiro atoms. The van der Waals surface area contributed by atoms with Crippen LogP contribution in [0.1, 0.15) is 10.4 Å². The van der Waals surface area contributed by atoms with Crippen LogP contribution in [0.4, 0.5) is 0 Å². The Bertz CT molecular complexity index is 440. The first-order valence-corrected chi connectivity index (χ1v) is 4.68. The van der Waals surface area contributed by atoms with Gasteiger partial charge in [-0.05, 0) is 24.3 Å². The summed E-state index contributed by atoms with van der Waals surface area (Å²) in [6.45, 7) is 0. The van der Waals surface area contributed by atoms with Crippen LogP contribution in [0.15, 0.2) is 60.7 Å². The molecule has 0 bridgehead atoms. The van der Waals surface area contributed by atoms with Crippen LogP contribution in [0, 0.1) is 0 Å². The van der Waals surface area contributed by atoms with Gasteiger partial charge >= 0.3 is 32.2 Å². The van der Waals surface area contributed by atoms with Gasteiger partial charge in [-0.25, -0.2) is 4.79 Å². The number of carbonyl (C=O) groups excluding carboxylic acids is 1. The molecule has 0 saturated carbocycles. The maximum absolute atomic E-state index is 11.6. The molecule has 0 aromatic heterocycles. The molecule has 0 radical (unpaired) electrons. The zero-order valence-electron chi connectivity index (χ0n) is 8.80. The van der Waals surface area contributed by atoms with Crippen LogP contribution in [0.3, 0.4) is 0 Å². The normalized spacial score (nSPS) is 9.00. The quantitative estimate of drug-likeness (QED) is 0.428. The Hall–Kier alpha value is -1.21. The number of carbonyl (C=O) groups is 1. The van der Waals surface area contributed by atoms with Crippen molar-refractivity contribution in [3.05, 3.63) is 66.2 Å². The molecule has 2 nitrogen and oxygen atoms in total. The summed E-state index contributed by atoms with van der Waals surface area (Å²) in [5, 5.41) is 0. The van der Waals surface area contributed by atoms with E-state index in [0.29, 0.717) is 11.3 Å². The van der Waals surface area contributed by atoms with Crippen molar-refractivity contribution in [2.45, 2.75) is 0 Å². The van der Waals surface area contributed by atoms with Gasteiger partial charge < -0.3 is 4.74 Å². The molecule has 0 fully saturated rings. The summed E-state index contributed by atoms with van der Waals surface area (Å²) < 4.78 is 5.16. The van der Waals surface area contributed by atoms with Crippen LogP contribution < -0.4 is 4.74 Å². The Morgan fingerprint density at radius 3 is 1.88 bits per heavy atom. The van der Waals surface area contributed by atoms with Crippen LogP contribution in [0.2, 0.25) is 0 Å². The summed E-state index contributed by atoms with van der Waals surface area (Å²) in [6.07, 6.45) is 0. The Labute approximate surface area is 113 Å². The van der Waals surface area contributed by atoms with E-state index in [1.807, 2.05) is 36.4 Å². The third-order valence-corrected chi connectivity index (χ3v) is 1.96. The van der Waals surface area contributed by atoms with E-state index in [0.717, 1.165) is 0 Å². The molecule has 2 rings (SSSR count). The van der Waals surface area contributed by atoms with Crippen molar-refractivity contribution in [3.63, 3.8) is 0 Å². The van der Waals surface area contributed by atoms with Crippen molar-refractivity contribution in [2.75, 3.05) is 0 Å². The van der Waals surface area contributed by atoms with Gasteiger partial charge in [0, 0.05) is 0 Å². The van der Waals surface area contributed by atoms with Gasteiger partial charge in [-0.3, -0.25) is 0 Å². The van der Waals surface area contributed by atoms with Crippen molar-refractivity contribution in [1.82, 2.24) is 0 Å². The molecule has 0 aliphatic rings. The molecule has 0 unspecified atom stereocenters. The van der Waals surface area contributed by atoms with Crippen LogP contribution >= 0.6 is 0 Å². The third kappa shape index (κ3) is 3.42.